The summed E-state index contributed by atoms with van der Waals surface area (Å²) >= 11 is 0. The molecule has 0 bridgehead atoms. The fraction of sp³-hybridized carbons (Fsp3) is 0.621. The van der Waals surface area contributed by atoms with E-state index in [2.05, 4.69) is 33.0 Å². The summed E-state index contributed by atoms with van der Waals surface area (Å²) in [7, 11) is 1.80. The highest BCUT2D eigenvalue weighted by atomic mass is 16.2. The molecule has 1 aromatic heterocycles. The predicted octanol–water partition coefficient (Wildman–Crippen LogP) is 4.91. The van der Waals surface area contributed by atoms with E-state index in [1.165, 1.54) is 6.42 Å². The molecule has 0 spiro atoms. The summed E-state index contributed by atoms with van der Waals surface area (Å²) in [5.74, 6) is 0.426. The van der Waals surface area contributed by atoms with Crippen LogP contribution in [0.1, 0.15) is 81.1 Å². The molecule has 1 saturated carbocycles. The molecule has 2 heterocycles. The largest absolute Gasteiger partial charge is 0.345 e. The van der Waals surface area contributed by atoms with Crippen molar-refractivity contribution in [2.75, 3.05) is 13.6 Å². The Bertz CT molecular complexity index is 1080. The fourth-order valence-corrected chi connectivity index (χ4v) is 6.14. The van der Waals surface area contributed by atoms with Crippen LogP contribution in [0.3, 0.4) is 0 Å². The van der Waals surface area contributed by atoms with E-state index in [9.17, 15) is 14.4 Å². The summed E-state index contributed by atoms with van der Waals surface area (Å²) in [5.41, 5.74) is 2.92. The highest BCUT2D eigenvalue weighted by Crippen LogP contribution is 2.35. The highest BCUT2D eigenvalue weighted by molar-refractivity contribution is 6.07. The number of carbonyl (C=O) groups excluding carboxylic acids is 3. The Morgan fingerprint density at radius 1 is 1.09 bits per heavy atom. The second-order valence-corrected chi connectivity index (χ2v) is 10.8. The van der Waals surface area contributed by atoms with Crippen LogP contribution in [-0.2, 0) is 16.1 Å². The van der Waals surface area contributed by atoms with Crippen LogP contribution in [0.15, 0.2) is 24.4 Å². The summed E-state index contributed by atoms with van der Waals surface area (Å²) < 4.78 is 2.16. The third kappa shape index (κ3) is 5.53. The molecule has 1 aromatic carbocycles. The van der Waals surface area contributed by atoms with E-state index in [0.29, 0.717) is 18.9 Å². The molecule has 190 valence electrons. The van der Waals surface area contributed by atoms with Gasteiger partial charge >= 0.3 is 0 Å². The van der Waals surface area contributed by atoms with E-state index in [1.807, 2.05) is 20.0 Å². The molecule has 1 aliphatic carbocycles. The molecule has 1 amide bonds. The first-order chi connectivity index (χ1) is 16.8. The highest BCUT2D eigenvalue weighted by Gasteiger charge is 2.39. The van der Waals surface area contributed by atoms with E-state index in [1.54, 1.807) is 14.0 Å². The van der Waals surface area contributed by atoms with Crippen LogP contribution in [0.25, 0.3) is 10.9 Å². The Balaban J connectivity index is 1.58. The van der Waals surface area contributed by atoms with Gasteiger partial charge in [-0.1, -0.05) is 30.9 Å². The average Bonchev–Trinajstić information content (AvgIpc) is 3.46. The number of carbonyl (C=O) groups is 3. The minimum Gasteiger partial charge on any atom is -0.345 e. The maximum absolute atomic E-state index is 14.0. The number of hydrogen-bond acceptors (Lipinski definition) is 4. The number of aromatic nitrogens is 1. The molecule has 6 nitrogen and oxygen atoms in total. The Hall–Kier alpha value is -2.47. The monoisotopic (exact) mass is 479 g/mol. The quantitative estimate of drug-likeness (QED) is 0.519. The van der Waals surface area contributed by atoms with Crippen LogP contribution in [0.4, 0.5) is 0 Å². The normalized spacial score (nSPS) is 20.8. The summed E-state index contributed by atoms with van der Waals surface area (Å²) in [6.07, 6.45) is 9.83. The first-order valence-electron chi connectivity index (χ1n) is 13.4. The van der Waals surface area contributed by atoms with Gasteiger partial charge in [-0.3, -0.25) is 14.4 Å². The summed E-state index contributed by atoms with van der Waals surface area (Å²) in [4.78, 5) is 41.3. The average molecular weight is 480 g/mol. The first-order valence-corrected chi connectivity index (χ1v) is 13.4. The summed E-state index contributed by atoms with van der Waals surface area (Å²) in [5, 5.41) is 4.04. The van der Waals surface area contributed by atoms with E-state index in [-0.39, 0.29) is 35.5 Å². The van der Waals surface area contributed by atoms with Gasteiger partial charge in [0.2, 0.25) is 5.91 Å². The number of Topliss-reactive ketones (excluding diaryl/α,β-unsaturated/α-hetero) is 2. The Morgan fingerprint density at radius 3 is 2.51 bits per heavy atom. The van der Waals surface area contributed by atoms with Gasteiger partial charge in [-0.05, 0) is 71.6 Å². The fourth-order valence-electron chi connectivity index (χ4n) is 6.14. The third-order valence-corrected chi connectivity index (χ3v) is 8.36. The summed E-state index contributed by atoms with van der Waals surface area (Å²) in [6, 6.07) is 6.09. The molecule has 2 fully saturated rings. The van der Waals surface area contributed by atoms with E-state index >= 15 is 0 Å². The van der Waals surface area contributed by atoms with Crippen LogP contribution in [0.5, 0.6) is 0 Å². The zero-order valence-corrected chi connectivity index (χ0v) is 21.8. The third-order valence-electron chi connectivity index (χ3n) is 8.36. The predicted molar refractivity (Wildman–Crippen MR) is 140 cm³/mol. The Labute approximate surface area is 209 Å². The molecule has 1 saturated heterocycles. The van der Waals surface area contributed by atoms with E-state index < -0.39 is 0 Å². The van der Waals surface area contributed by atoms with Gasteiger partial charge in [0.05, 0.1) is 6.04 Å². The van der Waals surface area contributed by atoms with Gasteiger partial charge in [0, 0.05) is 54.1 Å². The first kappa shape index (κ1) is 25.6. The van der Waals surface area contributed by atoms with Crippen LogP contribution >= 0.6 is 0 Å². The zero-order chi connectivity index (χ0) is 25.1. The molecule has 2 aliphatic rings. The lowest BCUT2D eigenvalue weighted by Gasteiger charge is -2.35. The van der Waals surface area contributed by atoms with E-state index in [4.69, 9.17) is 0 Å². The van der Waals surface area contributed by atoms with Crippen molar-refractivity contribution in [2.45, 2.75) is 90.8 Å². The second kappa shape index (κ2) is 11.1. The number of benzene rings is 1. The van der Waals surface area contributed by atoms with Crippen molar-refractivity contribution in [3.05, 3.63) is 35.5 Å². The van der Waals surface area contributed by atoms with Crippen molar-refractivity contribution >= 4 is 28.4 Å². The molecule has 4 rings (SSSR count). The standard InChI is InChI=1S/C29H41N3O3/c1-19-12-13-27-25(15-19)26(21(3)33)18-31(27)17-23-11-8-14-32(23)29(35)24(16-28(34)20(2)30-4)22-9-6-5-7-10-22/h12-13,15,18,20,22-24,30H,5-11,14,16-17H2,1-4H3. The van der Waals surface area contributed by atoms with Gasteiger partial charge in [0.15, 0.2) is 5.78 Å². The molecule has 3 unspecified atom stereocenters. The van der Waals surface area contributed by atoms with Gasteiger partial charge in [0.1, 0.15) is 5.78 Å². The molecule has 35 heavy (non-hydrogen) atoms. The lowest BCUT2D eigenvalue weighted by atomic mass is 9.76. The van der Waals surface area contributed by atoms with Crippen molar-refractivity contribution in [1.29, 1.82) is 0 Å². The van der Waals surface area contributed by atoms with Crippen molar-refractivity contribution in [3.8, 4) is 0 Å². The minimum absolute atomic E-state index is 0.0632. The SMILES string of the molecule is CNC(C)C(=O)CC(C(=O)N1CCCC1Cn1cc(C(C)=O)c2cc(C)ccc21)C1CCCCC1. The molecule has 6 heteroatoms. The topological polar surface area (TPSA) is 71.4 Å². The molecular formula is C29H41N3O3. The number of fused-ring (bicyclic) bond motifs is 1. The molecule has 1 aliphatic heterocycles. The zero-order valence-electron chi connectivity index (χ0n) is 21.8. The van der Waals surface area contributed by atoms with Crippen LogP contribution in [-0.4, -0.2) is 52.6 Å². The van der Waals surface area contributed by atoms with Gasteiger partial charge in [-0.15, -0.1) is 0 Å². The Morgan fingerprint density at radius 2 is 1.83 bits per heavy atom. The van der Waals surface area contributed by atoms with Crippen LogP contribution < -0.4 is 5.32 Å². The molecular weight excluding hydrogens is 438 g/mol. The number of aryl methyl sites for hydroxylation is 1. The van der Waals surface area contributed by atoms with Gasteiger partial charge in [0.25, 0.3) is 0 Å². The van der Waals surface area contributed by atoms with Gasteiger partial charge < -0.3 is 14.8 Å². The lowest BCUT2D eigenvalue weighted by molar-refractivity contribution is -0.141. The number of amides is 1. The van der Waals surface area contributed by atoms with Crippen molar-refractivity contribution in [2.24, 2.45) is 11.8 Å². The van der Waals surface area contributed by atoms with Crippen molar-refractivity contribution in [1.82, 2.24) is 14.8 Å². The smallest absolute Gasteiger partial charge is 0.226 e. The van der Waals surface area contributed by atoms with Crippen LogP contribution in [0.2, 0.25) is 0 Å². The van der Waals surface area contributed by atoms with E-state index in [0.717, 1.165) is 67.1 Å². The number of hydrogen-bond donors (Lipinski definition) is 1. The second-order valence-electron chi connectivity index (χ2n) is 10.8. The number of nitrogens with zero attached hydrogens (tertiary/aromatic N) is 2. The maximum Gasteiger partial charge on any atom is 0.226 e. The minimum atomic E-state index is -0.233. The number of likely N-dealkylation sites (N-methyl/N-ethyl adjacent to an activating group) is 1. The Kier molecular flexibility index (Phi) is 8.10. The molecule has 3 atom stereocenters. The number of likely N-dealkylation sites (tertiary alicyclic amines) is 1. The summed E-state index contributed by atoms with van der Waals surface area (Å²) in [6.45, 7) is 6.97. The number of ketones is 2. The molecule has 2 aromatic rings. The molecule has 1 N–H and O–H groups in total. The number of rotatable bonds is 9. The number of nitrogens with one attached hydrogen (secondary N) is 1. The maximum atomic E-state index is 14.0. The lowest BCUT2D eigenvalue weighted by Crippen LogP contribution is -2.45. The van der Waals surface area contributed by atoms with Gasteiger partial charge in [-0.25, -0.2) is 0 Å². The van der Waals surface area contributed by atoms with Crippen molar-refractivity contribution < 1.29 is 14.4 Å². The van der Waals surface area contributed by atoms with Crippen molar-refractivity contribution in [3.63, 3.8) is 0 Å². The van der Waals surface area contributed by atoms with Crippen LogP contribution in [0, 0.1) is 18.8 Å². The molecule has 0 radical (unpaired) electrons. The van der Waals surface area contributed by atoms with Gasteiger partial charge in [-0.2, -0.15) is 0 Å².